The molecule has 0 radical (unpaired) electrons. The summed E-state index contributed by atoms with van der Waals surface area (Å²) in [5.41, 5.74) is 2.71. The van der Waals surface area contributed by atoms with Gasteiger partial charge in [-0.15, -0.1) is 0 Å². The van der Waals surface area contributed by atoms with E-state index in [9.17, 15) is 5.11 Å². The Morgan fingerprint density at radius 3 is 2.42 bits per heavy atom. The standard InChI is InChI=1S/C15H13BrCl2O/c1-9-5-6-12(16)10(7-9)15(19)8-11-13(17)3-2-4-14(11)18/h2-7,15,19H,8H2,1H3. The molecule has 0 fully saturated rings. The van der Waals surface area contributed by atoms with Crippen LogP contribution >= 0.6 is 39.1 Å². The third-order valence-electron chi connectivity index (χ3n) is 2.97. The fourth-order valence-electron chi connectivity index (χ4n) is 1.95. The molecule has 0 spiro atoms. The molecule has 4 heteroatoms. The van der Waals surface area contributed by atoms with Crippen LogP contribution in [0.5, 0.6) is 0 Å². The van der Waals surface area contributed by atoms with Crippen molar-refractivity contribution in [3.05, 3.63) is 67.6 Å². The van der Waals surface area contributed by atoms with E-state index in [-0.39, 0.29) is 0 Å². The number of aryl methyl sites for hydroxylation is 1. The Hall–Kier alpha value is -0.540. The van der Waals surface area contributed by atoms with Crippen molar-refractivity contribution in [2.24, 2.45) is 0 Å². The number of hydrogen-bond donors (Lipinski definition) is 1. The lowest BCUT2D eigenvalue weighted by molar-refractivity contribution is 0.177. The maximum atomic E-state index is 10.4. The van der Waals surface area contributed by atoms with Crippen molar-refractivity contribution in [2.75, 3.05) is 0 Å². The lowest BCUT2D eigenvalue weighted by Gasteiger charge is -2.15. The second-order valence-electron chi connectivity index (χ2n) is 4.45. The third kappa shape index (κ3) is 3.51. The van der Waals surface area contributed by atoms with Crippen LogP contribution in [0, 0.1) is 6.92 Å². The van der Waals surface area contributed by atoms with E-state index in [1.54, 1.807) is 18.2 Å². The first kappa shape index (κ1) is 14.9. The quantitative estimate of drug-likeness (QED) is 0.784. The second-order valence-corrected chi connectivity index (χ2v) is 6.11. The summed E-state index contributed by atoms with van der Waals surface area (Å²) in [5, 5.41) is 11.5. The van der Waals surface area contributed by atoms with Crippen molar-refractivity contribution < 1.29 is 5.11 Å². The third-order valence-corrected chi connectivity index (χ3v) is 4.40. The molecule has 0 bridgehead atoms. The monoisotopic (exact) mass is 358 g/mol. The van der Waals surface area contributed by atoms with E-state index in [1.165, 1.54) is 0 Å². The predicted octanol–water partition coefficient (Wildman–Crippen LogP) is 5.34. The van der Waals surface area contributed by atoms with Gasteiger partial charge >= 0.3 is 0 Å². The molecule has 1 N–H and O–H groups in total. The first-order valence-corrected chi connectivity index (χ1v) is 7.41. The minimum Gasteiger partial charge on any atom is -0.388 e. The van der Waals surface area contributed by atoms with Gasteiger partial charge in [-0.05, 0) is 36.2 Å². The molecule has 19 heavy (non-hydrogen) atoms. The van der Waals surface area contributed by atoms with Crippen molar-refractivity contribution in [1.82, 2.24) is 0 Å². The zero-order chi connectivity index (χ0) is 14.0. The molecule has 0 saturated carbocycles. The summed E-state index contributed by atoms with van der Waals surface area (Å²) >= 11 is 15.7. The number of halogens is 3. The van der Waals surface area contributed by atoms with E-state index in [4.69, 9.17) is 23.2 Å². The van der Waals surface area contributed by atoms with Gasteiger partial charge in [-0.1, -0.05) is 62.9 Å². The summed E-state index contributed by atoms with van der Waals surface area (Å²) in [6.07, 6.45) is -0.257. The van der Waals surface area contributed by atoms with E-state index >= 15 is 0 Å². The molecule has 2 rings (SSSR count). The van der Waals surface area contributed by atoms with Gasteiger partial charge in [0, 0.05) is 20.9 Å². The van der Waals surface area contributed by atoms with Gasteiger partial charge in [0.05, 0.1) is 6.10 Å². The Morgan fingerprint density at radius 1 is 1.16 bits per heavy atom. The largest absolute Gasteiger partial charge is 0.388 e. The van der Waals surface area contributed by atoms with Crippen LogP contribution in [0.4, 0.5) is 0 Å². The molecule has 100 valence electrons. The van der Waals surface area contributed by atoms with Crippen LogP contribution in [0.25, 0.3) is 0 Å². The molecule has 2 aromatic rings. The van der Waals surface area contributed by atoms with Gasteiger partial charge in [0.2, 0.25) is 0 Å². The van der Waals surface area contributed by atoms with Crippen molar-refractivity contribution in [1.29, 1.82) is 0 Å². The highest BCUT2D eigenvalue weighted by atomic mass is 79.9. The van der Waals surface area contributed by atoms with Crippen LogP contribution in [-0.2, 0) is 6.42 Å². The first-order valence-electron chi connectivity index (χ1n) is 5.86. The van der Waals surface area contributed by atoms with Gasteiger partial charge in [0.15, 0.2) is 0 Å². The van der Waals surface area contributed by atoms with Gasteiger partial charge < -0.3 is 5.11 Å². The summed E-state index contributed by atoms with van der Waals surface area (Å²) in [4.78, 5) is 0. The van der Waals surface area contributed by atoms with Gasteiger partial charge in [0.1, 0.15) is 0 Å². The predicted molar refractivity (Wildman–Crippen MR) is 84.0 cm³/mol. The Labute approximate surface area is 131 Å². The van der Waals surface area contributed by atoms with Gasteiger partial charge in [-0.3, -0.25) is 0 Å². The Kier molecular flexibility index (Phi) is 4.91. The van der Waals surface area contributed by atoms with Crippen LogP contribution in [-0.4, -0.2) is 5.11 Å². The molecule has 0 aliphatic heterocycles. The highest BCUT2D eigenvalue weighted by Crippen LogP contribution is 2.32. The summed E-state index contributed by atoms with van der Waals surface area (Å²) in [6, 6.07) is 11.2. The fraction of sp³-hybridized carbons (Fsp3) is 0.200. The SMILES string of the molecule is Cc1ccc(Br)c(C(O)Cc2c(Cl)cccc2Cl)c1. The van der Waals surface area contributed by atoms with Gasteiger partial charge in [-0.2, -0.15) is 0 Å². The molecule has 2 aromatic carbocycles. The van der Waals surface area contributed by atoms with E-state index in [2.05, 4.69) is 15.9 Å². The summed E-state index contributed by atoms with van der Waals surface area (Å²) in [5.74, 6) is 0. The minimum absolute atomic E-state index is 0.389. The lowest BCUT2D eigenvalue weighted by Crippen LogP contribution is -2.04. The Bertz CT molecular complexity index is 578. The van der Waals surface area contributed by atoms with Crippen molar-refractivity contribution in [2.45, 2.75) is 19.4 Å². The highest BCUT2D eigenvalue weighted by molar-refractivity contribution is 9.10. The normalized spacial score (nSPS) is 12.5. The summed E-state index contributed by atoms with van der Waals surface area (Å²) < 4.78 is 0.883. The minimum atomic E-state index is -0.647. The molecule has 0 aliphatic carbocycles. The number of aliphatic hydroxyl groups is 1. The van der Waals surface area contributed by atoms with Gasteiger partial charge in [-0.25, -0.2) is 0 Å². The maximum Gasteiger partial charge on any atom is 0.0842 e. The van der Waals surface area contributed by atoms with Crippen molar-refractivity contribution >= 4 is 39.1 Å². The Morgan fingerprint density at radius 2 is 1.79 bits per heavy atom. The van der Waals surface area contributed by atoms with Crippen LogP contribution in [0.2, 0.25) is 10.0 Å². The number of hydrogen-bond acceptors (Lipinski definition) is 1. The maximum absolute atomic E-state index is 10.4. The average Bonchev–Trinajstić information content (AvgIpc) is 2.37. The summed E-state index contributed by atoms with van der Waals surface area (Å²) in [7, 11) is 0. The number of rotatable bonds is 3. The Balaban J connectivity index is 2.31. The van der Waals surface area contributed by atoms with E-state index in [1.807, 2.05) is 25.1 Å². The molecule has 0 heterocycles. The number of benzene rings is 2. The topological polar surface area (TPSA) is 20.2 Å². The number of aliphatic hydroxyl groups excluding tert-OH is 1. The van der Waals surface area contributed by atoms with Gasteiger partial charge in [0.25, 0.3) is 0 Å². The smallest absolute Gasteiger partial charge is 0.0842 e. The molecule has 0 saturated heterocycles. The molecule has 1 atom stereocenters. The molecular formula is C15H13BrCl2O. The zero-order valence-corrected chi connectivity index (χ0v) is 13.4. The van der Waals surface area contributed by atoms with E-state index in [0.717, 1.165) is 21.2 Å². The van der Waals surface area contributed by atoms with Crippen LogP contribution in [0.15, 0.2) is 40.9 Å². The highest BCUT2D eigenvalue weighted by Gasteiger charge is 2.16. The molecular weight excluding hydrogens is 347 g/mol. The lowest BCUT2D eigenvalue weighted by atomic mass is 10.00. The molecule has 0 aliphatic rings. The van der Waals surface area contributed by atoms with Crippen LogP contribution in [0.3, 0.4) is 0 Å². The molecule has 0 amide bonds. The average molecular weight is 360 g/mol. The molecule has 1 unspecified atom stereocenters. The first-order chi connectivity index (χ1) is 8.99. The van der Waals surface area contributed by atoms with E-state index in [0.29, 0.717) is 16.5 Å². The second kappa shape index (κ2) is 6.27. The fourth-order valence-corrected chi connectivity index (χ4v) is 3.01. The van der Waals surface area contributed by atoms with Crippen molar-refractivity contribution in [3.8, 4) is 0 Å². The summed E-state index contributed by atoms with van der Waals surface area (Å²) in [6.45, 7) is 1.99. The van der Waals surface area contributed by atoms with Crippen molar-refractivity contribution in [3.63, 3.8) is 0 Å². The molecule has 0 aromatic heterocycles. The van der Waals surface area contributed by atoms with Crippen LogP contribution in [0.1, 0.15) is 22.8 Å². The van der Waals surface area contributed by atoms with E-state index < -0.39 is 6.10 Å². The van der Waals surface area contributed by atoms with Crippen LogP contribution < -0.4 is 0 Å². The molecule has 1 nitrogen and oxygen atoms in total. The zero-order valence-electron chi connectivity index (χ0n) is 10.3.